The highest BCUT2D eigenvalue weighted by atomic mass is 35.5. The molecule has 10 heteroatoms. The SMILES string of the molecule is COCC(=O)N=C1S[C@@H]2CS(=O)(=O)C[C@@H]2N1c1ccc(Cl)cc1Cl. The molecule has 0 N–H and O–H groups in total. The molecular weight excluding hydrogens is 395 g/mol. The number of benzene rings is 1. The van der Waals surface area contributed by atoms with Gasteiger partial charge in [0.05, 0.1) is 28.3 Å². The summed E-state index contributed by atoms with van der Waals surface area (Å²) in [6, 6.07) is 4.63. The summed E-state index contributed by atoms with van der Waals surface area (Å²) in [4.78, 5) is 17.6. The zero-order valence-electron chi connectivity index (χ0n) is 12.6. The number of nitrogens with zero attached hydrogens (tertiary/aromatic N) is 2. The van der Waals surface area contributed by atoms with Gasteiger partial charge in [-0.3, -0.25) is 4.79 Å². The maximum Gasteiger partial charge on any atom is 0.274 e. The fraction of sp³-hybridized carbons (Fsp3) is 0.429. The fourth-order valence-electron chi connectivity index (χ4n) is 2.79. The Bertz CT molecular complexity index is 813. The van der Waals surface area contributed by atoms with Crippen LogP contribution in [0.3, 0.4) is 0 Å². The number of amidine groups is 1. The molecule has 0 bridgehead atoms. The normalized spacial score (nSPS) is 26.8. The maximum atomic E-state index is 12.0. The first-order valence-electron chi connectivity index (χ1n) is 7.02. The summed E-state index contributed by atoms with van der Waals surface area (Å²) in [7, 11) is -1.71. The third-order valence-electron chi connectivity index (χ3n) is 3.72. The van der Waals surface area contributed by atoms with Gasteiger partial charge in [0.15, 0.2) is 15.0 Å². The molecular formula is C14H14Cl2N2O4S2. The van der Waals surface area contributed by atoms with Gasteiger partial charge in [0.1, 0.15) is 6.61 Å². The molecule has 2 fully saturated rings. The van der Waals surface area contributed by atoms with E-state index in [0.717, 1.165) is 0 Å². The van der Waals surface area contributed by atoms with Crippen molar-refractivity contribution in [1.82, 2.24) is 0 Å². The van der Waals surface area contributed by atoms with E-state index in [1.807, 2.05) is 0 Å². The van der Waals surface area contributed by atoms with Crippen LogP contribution in [0.15, 0.2) is 23.2 Å². The third-order valence-corrected chi connectivity index (χ3v) is 7.47. The average molecular weight is 409 g/mol. The van der Waals surface area contributed by atoms with E-state index < -0.39 is 15.7 Å². The predicted octanol–water partition coefficient (Wildman–Crippen LogP) is 2.24. The van der Waals surface area contributed by atoms with E-state index in [-0.39, 0.29) is 29.4 Å². The molecule has 2 heterocycles. The number of rotatable bonds is 3. The van der Waals surface area contributed by atoms with Gasteiger partial charge >= 0.3 is 0 Å². The number of anilines is 1. The topological polar surface area (TPSA) is 76.0 Å². The highest BCUT2D eigenvalue weighted by Crippen LogP contribution is 2.43. The molecule has 2 atom stereocenters. The van der Waals surface area contributed by atoms with Gasteiger partial charge in [0.25, 0.3) is 5.91 Å². The minimum atomic E-state index is -3.13. The molecule has 1 aromatic rings. The summed E-state index contributed by atoms with van der Waals surface area (Å²) in [6.45, 7) is -0.139. The van der Waals surface area contributed by atoms with Gasteiger partial charge in [-0.2, -0.15) is 4.99 Å². The standard InChI is InChI=1S/C14H14Cl2N2O4S2/c1-22-5-13(19)17-14-18(10-3-2-8(15)4-9(10)16)11-6-24(20,21)7-12(11)23-14/h2-4,11-12H,5-7H2,1H3/t11-,12+/m0/s1. The lowest BCUT2D eigenvalue weighted by molar-refractivity contribution is -0.121. The van der Waals surface area contributed by atoms with Crippen LogP contribution >= 0.6 is 35.0 Å². The van der Waals surface area contributed by atoms with Crippen molar-refractivity contribution >= 4 is 61.6 Å². The van der Waals surface area contributed by atoms with Gasteiger partial charge in [-0.1, -0.05) is 35.0 Å². The lowest BCUT2D eigenvalue weighted by atomic mass is 10.2. The Morgan fingerprint density at radius 2 is 2.17 bits per heavy atom. The van der Waals surface area contributed by atoms with Crippen molar-refractivity contribution < 1.29 is 17.9 Å². The second-order valence-corrected chi connectivity index (χ2v) is 9.69. The summed E-state index contributed by atoms with van der Waals surface area (Å²) in [5.74, 6) is -0.374. The molecule has 2 aliphatic heterocycles. The van der Waals surface area contributed by atoms with E-state index in [2.05, 4.69) is 4.99 Å². The number of halogens is 2. The molecule has 3 rings (SSSR count). The minimum absolute atomic E-state index is 0.00110. The molecule has 0 spiro atoms. The largest absolute Gasteiger partial charge is 0.375 e. The molecule has 0 aromatic heterocycles. The molecule has 24 heavy (non-hydrogen) atoms. The number of ether oxygens (including phenoxy) is 1. The third kappa shape index (κ3) is 3.57. The summed E-state index contributed by atoms with van der Waals surface area (Å²) in [5, 5.41) is 1.10. The number of thioether (sulfide) groups is 1. The molecule has 1 aromatic carbocycles. The number of aliphatic imine (C=N–C) groups is 1. The molecule has 0 unspecified atom stereocenters. The van der Waals surface area contributed by atoms with Gasteiger partial charge in [0, 0.05) is 17.4 Å². The fourth-order valence-corrected chi connectivity index (χ4v) is 7.21. The van der Waals surface area contributed by atoms with E-state index in [1.165, 1.54) is 18.9 Å². The van der Waals surface area contributed by atoms with E-state index >= 15 is 0 Å². The number of carbonyl (C=O) groups is 1. The first kappa shape index (κ1) is 18.0. The number of amides is 1. The van der Waals surface area contributed by atoms with Crippen LogP contribution in [-0.2, 0) is 19.4 Å². The van der Waals surface area contributed by atoms with Gasteiger partial charge in [0.2, 0.25) is 0 Å². The monoisotopic (exact) mass is 408 g/mol. The van der Waals surface area contributed by atoms with Crippen LogP contribution in [0.2, 0.25) is 10.0 Å². The Kier molecular flexibility index (Phi) is 5.13. The predicted molar refractivity (Wildman–Crippen MR) is 97.1 cm³/mol. The van der Waals surface area contributed by atoms with Crippen LogP contribution < -0.4 is 4.90 Å². The lowest BCUT2D eigenvalue weighted by Crippen LogP contribution is -2.38. The van der Waals surface area contributed by atoms with Crippen LogP contribution in [0.25, 0.3) is 0 Å². The number of hydrogen-bond acceptors (Lipinski definition) is 5. The van der Waals surface area contributed by atoms with Crippen molar-refractivity contribution in [2.75, 3.05) is 30.1 Å². The summed E-state index contributed by atoms with van der Waals surface area (Å²) >= 11 is 13.5. The first-order chi connectivity index (χ1) is 11.3. The zero-order chi connectivity index (χ0) is 17.5. The van der Waals surface area contributed by atoms with Crippen LogP contribution in [0, 0.1) is 0 Å². The molecule has 0 aliphatic carbocycles. The van der Waals surface area contributed by atoms with Crippen LogP contribution in [0.5, 0.6) is 0 Å². The smallest absolute Gasteiger partial charge is 0.274 e. The molecule has 130 valence electrons. The maximum absolute atomic E-state index is 12.0. The van der Waals surface area contributed by atoms with Crippen molar-refractivity contribution in [3.63, 3.8) is 0 Å². The van der Waals surface area contributed by atoms with Gasteiger partial charge in [-0.15, -0.1) is 0 Å². The quantitative estimate of drug-likeness (QED) is 0.762. The molecule has 2 saturated heterocycles. The number of hydrogen-bond donors (Lipinski definition) is 0. The Morgan fingerprint density at radius 1 is 1.42 bits per heavy atom. The second-order valence-electron chi connectivity index (χ2n) is 5.49. The van der Waals surface area contributed by atoms with Crippen molar-refractivity contribution in [2.24, 2.45) is 4.99 Å². The van der Waals surface area contributed by atoms with E-state index in [4.69, 9.17) is 27.9 Å². The molecule has 1 amide bonds. The van der Waals surface area contributed by atoms with Crippen LogP contribution in [-0.4, -0.2) is 56.0 Å². The Hall–Kier alpha value is -0.800. The number of methoxy groups -OCH3 is 1. The molecule has 0 saturated carbocycles. The summed E-state index contributed by atoms with van der Waals surface area (Å²) in [5.41, 5.74) is 0.585. The Morgan fingerprint density at radius 3 is 2.83 bits per heavy atom. The van der Waals surface area contributed by atoms with Crippen molar-refractivity contribution in [2.45, 2.75) is 11.3 Å². The summed E-state index contributed by atoms with van der Waals surface area (Å²) < 4.78 is 28.7. The van der Waals surface area contributed by atoms with Crippen molar-refractivity contribution in [1.29, 1.82) is 0 Å². The number of carbonyl (C=O) groups excluding carboxylic acids is 1. The van der Waals surface area contributed by atoms with Crippen molar-refractivity contribution in [3.8, 4) is 0 Å². The molecule has 0 radical (unpaired) electrons. The Balaban J connectivity index is 2.03. The van der Waals surface area contributed by atoms with E-state index in [1.54, 1.807) is 23.1 Å². The number of fused-ring (bicyclic) bond motifs is 1. The minimum Gasteiger partial charge on any atom is -0.375 e. The zero-order valence-corrected chi connectivity index (χ0v) is 15.8. The average Bonchev–Trinajstić information content (AvgIpc) is 2.91. The van der Waals surface area contributed by atoms with Gasteiger partial charge < -0.3 is 9.64 Å². The molecule has 6 nitrogen and oxygen atoms in total. The summed E-state index contributed by atoms with van der Waals surface area (Å²) in [6.07, 6.45) is 0. The number of sulfone groups is 1. The van der Waals surface area contributed by atoms with E-state index in [9.17, 15) is 13.2 Å². The van der Waals surface area contributed by atoms with Gasteiger partial charge in [-0.05, 0) is 18.2 Å². The Labute approximate surface area is 154 Å². The lowest BCUT2D eigenvalue weighted by Gasteiger charge is -2.25. The molecule has 2 aliphatic rings. The van der Waals surface area contributed by atoms with Crippen LogP contribution in [0.1, 0.15) is 0 Å². The van der Waals surface area contributed by atoms with Crippen LogP contribution in [0.4, 0.5) is 5.69 Å². The second kappa shape index (κ2) is 6.84. The highest BCUT2D eigenvalue weighted by Gasteiger charge is 2.49. The highest BCUT2D eigenvalue weighted by molar-refractivity contribution is 8.16. The van der Waals surface area contributed by atoms with Crippen molar-refractivity contribution in [3.05, 3.63) is 28.2 Å². The first-order valence-corrected chi connectivity index (χ1v) is 10.5. The van der Waals surface area contributed by atoms with Gasteiger partial charge in [-0.25, -0.2) is 8.42 Å². The van der Waals surface area contributed by atoms with E-state index in [0.29, 0.717) is 20.9 Å².